The molecule has 142 valence electrons. The number of aryl methyl sites for hydroxylation is 1. The molecule has 0 atom stereocenters. The molecule has 0 radical (unpaired) electrons. The van der Waals surface area contributed by atoms with Gasteiger partial charge in [-0.3, -0.25) is 4.79 Å². The number of ether oxygens (including phenoxy) is 3. The quantitative estimate of drug-likeness (QED) is 0.803. The van der Waals surface area contributed by atoms with Gasteiger partial charge in [0.05, 0.1) is 26.9 Å². The molecule has 5 nitrogen and oxygen atoms in total. The van der Waals surface area contributed by atoms with Crippen LogP contribution < -0.4 is 14.2 Å². The molecule has 0 saturated carbocycles. The van der Waals surface area contributed by atoms with Crippen LogP contribution in [0.3, 0.4) is 0 Å². The van der Waals surface area contributed by atoms with Gasteiger partial charge in [-0.1, -0.05) is 24.3 Å². The second kappa shape index (κ2) is 8.16. The number of carbonyl (C=O) groups is 1. The summed E-state index contributed by atoms with van der Waals surface area (Å²) in [6.45, 7) is 3.17. The molecule has 5 heteroatoms. The molecule has 1 aliphatic rings. The Morgan fingerprint density at radius 2 is 1.67 bits per heavy atom. The molecule has 0 aliphatic carbocycles. The van der Waals surface area contributed by atoms with Gasteiger partial charge < -0.3 is 19.1 Å². The Bertz CT molecular complexity index is 847. The molecule has 0 fully saturated rings. The van der Waals surface area contributed by atoms with E-state index in [0.29, 0.717) is 30.3 Å². The van der Waals surface area contributed by atoms with Crippen molar-refractivity contribution in [2.75, 3.05) is 34.4 Å². The second-order valence-corrected chi connectivity index (χ2v) is 6.45. The van der Waals surface area contributed by atoms with Crippen molar-refractivity contribution >= 4 is 11.5 Å². The zero-order valence-electron chi connectivity index (χ0n) is 16.2. The lowest BCUT2D eigenvalue weighted by Gasteiger charge is -2.28. The summed E-state index contributed by atoms with van der Waals surface area (Å²) in [6.07, 6.45) is 2.81. The van der Waals surface area contributed by atoms with Crippen molar-refractivity contribution < 1.29 is 19.0 Å². The van der Waals surface area contributed by atoms with Crippen LogP contribution >= 0.6 is 0 Å². The van der Waals surface area contributed by atoms with Gasteiger partial charge in [-0.15, -0.1) is 0 Å². The Labute approximate surface area is 160 Å². The van der Waals surface area contributed by atoms with E-state index in [2.05, 4.69) is 6.08 Å². The zero-order chi connectivity index (χ0) is 19.4. The van der Waals surface area contributed by atoms with Gasteiger partial charge in [0.2, 0.25) is 0 Å². The monoisotopic (exact) mass is 367 g/mol. The molecule has 0 aromatic heterocycles. The van der Waals surface area contributed by atoms with E-state index in [4.69, 9.17) is 14.2 Å². The minimum Gasteiger partial charge on any atom is -0.496 e. The lowest BCUT2D eigenvalue weighted by atomic mass is 9.96. The normalized spacial score (nSPS) is 13.8. The van der Waals surface area contributed by atoms with Crippen molar-refractivity contribution in [1.82, 2.24) is 4.90 Å². The molecule has 2 aromatic carbocycles. The maximum atomic E-state index is 12.8. The lowest BCUT2D eigenvalue weighted by molar-refractivity contribution is 0.0772. The zero-order valence-corrected chi connectivity index (χ0v) is 16.2. The first-order valence-corrected chi connectivity index (χ1v) is 8.93. The molecule has 1 amide bonds. The third-order valence-electron chi connectivity index (χ3n) is 4.91. The minimum absolute atomic E-state index is 0.0667. The van der Waals surface area contributed by atoms with Gasteiger partial charge in [-0.05, 0) is 30.5 Å². The van der Waals surface area contributed by atoms with E-state index in [1.54, 1.807) is 21.3 Å². The third kappa shape index (κ3) is 3.77. The van der Waals surface area contributed by atoms with Crippen LogP contribution in [0.5, 0.6) is 17.2 Å². The first-order chi connectivity index (χ1) is 13.1. The van der Waals surface area contributed by atoms with Crippen LogP contribution in [0, 0.1) is 6.92 Å². The van der Waals surface area contributed by atoms with Gasteiger partial charge in [0.25, 0.3) is 5.91 Å². The molecule has 0 N–H and O–H groups in total. The Morgan fingerprint density at radius 3 is 2.19 bits per heavy atom. The molecule has 1 aliphatic heterocycles. The van der Waals surface area contributed by atoms with Crippen LogP contribution in [0.4, 0.5) is 0 Å². The lowest BCUT2D eigenvalue weighted by Crippen LogP contribution is -2.35. The summed E-state index contributed by atoms with van der Waals surface area (Å²) in [5, 5.41) is 0. The molecule has 1 heterocycles. The summed E-state index contributed by atoms with van der Waals surface area (Å²) in [5.41, 5.74) is 3.79. The summed E-state index contributed by atoms with van der Waals surface area (Å²) in [6, 6.07) is 11.4. The van der Waals surface area contributed by atoms with Crippen molar-refractivity contribution in [1.29, 1.82) is 0 Å². The maximum absolute atomic E-state index is 12.8. The van der Waals surface area contributed by atoms with E-state index in [0.717, 1.165) is 28.7 Å². The average Bonchev–Trinajstić information content (AvgIpc) is 2.72. The van der Waals surface area contributed by atoms with Gasteiger partial charge in [-0.25, -0.2) is 0 Å². The fraction of sp³-hybridized carbons (Fsp3) is 0.318. The highest BCUT2D eigenvalue weighted by Gasteiger charge is 2.24. The number of hydrogen-bond acceptors (Lipinski definition) is 4. The Hall–Kier alpha value is -2.95. The van der Waals surface area contributed by atoms with E-state index in [-0.39, 0.29) is 5.91 Å². The van der Waals surface area contributed by atoms with Crippen LogP contribution in [-0.4, -0.2) is 45.2 Å². The van der Waals surface area contributed by atoms with Crippen molar-refractivity contribution in [3.05, 3.63) is 59.2 Å². The molecule has 0 unspecified atom stereocenters. The van der Waals surface area contributed by atoms with Crippen molar-refractivity contribution in [3.63, 3.8) is 0 Å². The number of rotatable bonds is 5. The van der Waals surface area contributed by atoms with Crippen LogP contribution in [0.15, 0.2) is 42.5 Å². The number of carbonyl (C=O) groups excluding carboxylic acids is 1. The largest absolute Gasteiger partial charge is 0.496 e. The van der Waals surface area contributed by atoms with Crippen LogP contribution in [0.1, 0.15) is 27.9 Å². The van der Waals surface area contributed by atoms with E-state index < -0.39 is 0 Å². The number of amides is 1. The topological polar surface area (TPSA) is 48.0 Å². The minimum atomic E-state index is 0.0667. The molecule has 2 aromatic rings. The van der Waals surface area contributed by atoms with Crippen LogP contribution in [0.2, 0.25) is 0 Å². The van der Waals surface area contributed by atoms with Crippen LogP contribution in [0.25, 0.3) is 5.57 Å². The van der Waals surface area contributed by atoms with Crippen LogP contribution in [-0.2, 0) is 0 Å². The molecule has 27 heavy (non-hydrogen) atoms. The Kier molecular flexibility index (Phi) is 5.69. The average molecular weight is 367 g/mol. The van der Waals surface area contributed by atoms with Crippen molar-refractivity contribution in [3.8, 4) is 17.2 Å². The number of hydrogen-bond donors (Lipinski definition) is 0. The Morgan fingerprint density at radius 1 is 1.00 bits per heavy atom. The SMILES string of the molecule is COc1cc(OC)c(C2=CCN(C(=O)c3ccccc3C)CC2)c(OC)c1. The van der Waals surface area contributed by atoms with Gasteiger partial charge in [0.1, 0.15) is 17.2 Å². The number of nitrogens with zero attached hydrogens (tertiary/aromatic N) is 1. The molecule has 0 spiro atoms. The number of benzene rings is 2. The first kappa shape index (κ1) is 18.8. The fourth-order valence-electron chi connectivity index (χ4n) is 3.39. The Balaban J connectivity index is 1.87. The summed E-state index contributed by atoms with van der Waals surface area (Å²) in [5.74, 6) is 2.16. The smallest absolute Gasteiger partial charge is 0.254 e. The molecule has 3 rings (SSSR count). The predicted molar refractivity (Wildman–Crippen MR) is 106 cm³/mol. The highest BCUT2D eigenvalue weighted by atomic mass is 16.5. The van der Waals surface area contributed by atoms with Gasteiger partial charge in [0, 0.05) is 30.8 Å². The third-order valence-corrected chi connectivity index (χ3v) is 4.91. The van der Waals surface area contributed by atoms with E-state index in [1.165, 1.54) is 0 Å². The van der Waals surface area contributed by atoms with E-state index in [1.807, 2.05) is 48.2 Å². The highest BCUT2D eigenvalue weighted by molar-refractivity contribution is 5.96. The molecule has 0 bridgehead atoms. The van der Waals surface area contributed by atoms with E-state index >= 15 is 0 Å². The van der Waals surface area contributed by atoms with E-state index in [9.17, 15) is 4.79 Å². The number of methoxy groups -OCH3 is 3. The molecule has 0 saturated heterocycles. The van der Waals surface area contributed by atoms with Crippen molar-refractivity contribution in [2.24, 2.45) is 0 Å². The van der Waals surface area contributed by atoms with Gasteiger partial charge >= 0.3 is 0 Å². The van der Waals surface area contributed by atoms with Gasteiger partial charge in [0.15, 0.2) is 0 Å². The second-order valence-electron chi connectivity index (χ2n) is 6.45. The first-order valence-electron chi connectivity index (χ1n) is 8.93. The fourth-order valence-corrected chi connectivity index (χ4v) is 3.39. The predicted octanol–water partition coefficient (Wildman–Crippen LogP) is 3.95. The summed E-state index contributed by atoms with van der Waals surface area (Å²) < 4.78 is 16.4. The summed E-state index contributed by atoms with van der Waals surface area (Å²) >= 11 is 0. The standard InChI is InChI=1S/C22H25NO4/c1-15-7-5-6-8-18(15)22(24)23-11-9-16(10-12-23)21-19(26-3)13-17(25-2)14-20(21)27-4/h5-9,13-14H,10-12H2,1-4H3. The highest BCUT2D eigenvalue weighted by Crippen LogP contribution is 2.40. The van der Waals surface area contributed by atoms with Gasteiger partial charge in [-0.2, -0.15) is 0 Å². The summed E-state index contributed by atoms with van der Waals surface area (Å²) in [4.78, 5) is 14.7. The van der Waals surface area contributed by atoms with Crippen molar-refractivity contribution in [2.45, 2.75) is 13.3 Å². The molecular weight excluding hydrogens is 342 g/mol. The summed E-state index contributed by atoms with van der Waals surface area (Å²) in [7, 11) is 4.88. The maximum Gasteiger partial charge on any atom is 0.254 e. The molecular formula is C22H25NO4.